The molecule has 4 heteroatoms. The molecule has 1 aromatic heterocycles. The van der Waals surface area contributed by atoms with Gasteiger partial charge < -0.3 is 10.2 Å². The summed E-state index contributed by atoms with van der Waals surface area (Å²) in [6.07, 6.45) is 6.62. The van der Waals surface area contributed by atoms with Gasteiger partial charge in [0.05, 0.1) is 0 Å². The lowest BCUT2D eigenvalue weighted by Gasteiger charge is -2.30. The summed E-state index contributed by atoms with van der Waals surface area (Å²) in [7, 11) is 0. The summed E-state index contributed by atoms with van der Waals surface area (Å²) in [6.45, 7) is 2.74. The number of aromatic nitrogens is 1. The molecule has 0 atom stereocenters. The SMILES string of the molecule is O=C(CC1CNC1)N(Cc1ccncc1)C1CC1. The average molecular weight is 245 g/mol. The Labute approximate surface area is 107 Å². The van der Waals surface area contributed by atoms with E-state index in [1.165, 1.54) is 18.4 Å². The van der Waals surface area contributed by atoms with E-state index < -0.39 is 0 Å². The van der Waals surface area contributed by atoms with E-state index in [0.717, 1.165) is 19.6 Å². The summed E-state index contributed by atoms with van der Waals surface area (Å²) in [5.41, 5.74) is 1.18. The minimum atomic E-state index is 0.320. The van der Waals surface area contributed by atoms with Crippen LogP contribution in [0.25, 0.3) is 0 Å². The van der Waals surface area contributed by atoms with Crippen molar-refractivity contribution >= 4 is 5.91 Å². The maximum atomic E-state index is 12.3. The molecule has 0 spiro atoms. The Kier molecular flexibility index (Phi) is 3.28. The third-order valence-electron chi connectivity index (χ3n) is 3.74. The standard InChI is InChI=1S/C14H19N3O/c18-14(7-12-8-16-9-12)17(13-1-2-13)10-11-3-5-15-6-4-11/h3-6,12-13,16H,1-2,7-10H2. The number of nitrogens with zero attached hydrogens (tertiary/aromatic N) is 2. The monoisotopic (exact) mass is 245 g/mol. The average Bonchev–Trinajstić information content (AvgIpc) is 3.16. The predicted molar refractivity (Wildman–Crippen MR) is 68.8 cm³/mol. The summed E-state index contributed by atoms with van der Waals surface area (Å²) in [4.78, 5) is 18.4. The molecule has 1 amide bonds. The van der Waals surface area contributed by atoms with Gasteiger partial charge in [-0.1, -0.05) is 0 Å². The highest BCUT2D eigenvalue weighted by molar-refractivity contribution is 5.77. The number of hydrogen-bond acceptors (Lipinski definition) is 3. The summed E-state index contributed by atoms with van der Waals surface area (Å²) in [6, 6.07) is 4.47. The van der Waals surface area contributed by atoms with E-state index >= 15 is 0 Å². The summed E-state index contributed by atoms with van der Waals surface area (Å²) < 4.78 is 0. The fraction of sp³-hybridized carbons (Fsp3) is 0.571. The third kappa shape index (κ3) is 2.70. The first kappa shape index (κ1) is 11.7. The highest BCUT2D eigenvalue weighted by Crippen LogP contribution is 2.29. The topological polar surface area (TPSA) is 45.2 Å². The second-order valence-corrected chi connectivity index (χ2v) is 5.34. The Morgan fingerprint density at radius 3 is 2.61 bits per heavy atom. The zero-order valence-corrected chi connectivity index (χ0v) is 10.5. The molecule has 2 aliphatic rings. The predicted octanol–water partition coefficient (Wildman–Crippen LogP) is 1.18. The fourth-order valence-corrected chi connectivity index (χ4v) is 2.35. The maximum Gasteiger partial charge on any atom is 0.223 e. The molecule has 4 nitrogen and oxygen atoms in total. The van der Waals surface area contributed by atoms with Gasteiger partial charge in [-0.15, -0.1) is 0 Å². The number of carbonyl (C=O) groups is 1. The summed E-state index contributed by atoms with van der Waals surface area (Å²) >= 11 is 0. The van der Waals surface area contributed by atoms with Crippen molar-refractivity contribution in [1.82, 2.24) is 15.2 Å². The molecule has 0 unspecified atom stereocenters. The zero-order chi connectivity index (χ0) is 12.4. The number of carbonyl (C=O) groups excluding carboxylic acids is 1. The van der Waals surface area contributed by atoms with Crippen molar-refractivity contribution in [3.8, 4) is 0 Å². The second kappa shape index (κ2) is 5.06. The molecular weight excluding hydrogens is 226 g/mol. The van der Waals surface area contributed by atoms with Gasteiger partial charge in [0.25, 0.3) is 0 Å². The molecule has 0 radical (unpaired) electrons. The van der Waals surface area contributed by atoms with Gasteiger partial charge in [-0.3, -0.25) is 9.78 Å². The summed E-state index contributed by atoms with van der Waals surface area (Å²) in [5.74, 6) is 0.872. The highest BCUT2D eigenvalue weighted by Gasteiger charge is 2.34. The molecule has 1 aliphatic heterocycles. The van der Waals surface area contributed by atoms with Crippen LogP contribution in [0.2, 0.25) is 0 Å². The van der Waals surface area contributed by atoms with Gasteiger partial charge >= 0.3 is 0 Å². The van der Waals surface area contributed by atoms with E-state index in [9.17, 15) is 4.79 Å². The van der Waals surface area contributed by atoms with Crippen molar-refractivity contribution in [3.63, 3.8) is 0 Å². The van der Waals surface area contributed by atoms with Gasteiger partial charge in [0.2, 0.25) is 5.91 Å². The van der Waals surface area contributed by atoms with E-state index in [2.05, 4.69) is 15.2 Å². The van der Waals surface area contributed by atoms with Crippen LogP contribution in [0.1, 0.15) is 24.8 Å². The number of amides is 1. The zero-order valence-electron chi connectivity index (χ0n) is 10.5. The largest absolute Gasteiger partial charge is 0.335 e. The lowest BCUT2D eigenvalue weighted by Crippen LogP contribution is -2.45. The van der Waals surface area contributed by atoms with Gasteiger partial charge in [0, 0.05) is 31.4 Å². The van der Waals surface area contributed by atoms with Crippen molar-refractivity contribution in [2.45, 2.75) is 31.8 Å². The maximum absolute atomic E-state index is 12.3. The van der Waals surface area contributed by atoms with Crippen molar-refractivity contribution in [1.29, 1.82) is 0 Å². The molecular formula is C14H19N3O. The van der Waals surface area contributed by atoms with Gasteiger partial charge in [-0.25, -0.2) is 0 Å². The van der Waals surface area contributed by atoms with Crippen molar-refractivity contribution in [2.75, 3.05) is 13.1 Å². The van der Waals surface area contributed by atoms with E-state index in [0.29, 0.717) is 24.3 Å². The first-order chi connectivity index (χ1) is 8.83. The molecule has 0 aromatic carbocycles. The highest BCUT2D eigenvalue weighted by atomic mass is 16.2. The normalized spacial score (nSPS) is 19.3. The Bertz CT molecular complexity index is 412. The molecule has 2 fully saturated rings. The van der Waals surface area contributed by atoms with E-state index in [1.807, 2.05) is 12.1 Å². The van der Waals surface area contributed by atoms with Crippen molar-refractivity contribution in [3.05, 3.63) is 30.1 Å². The van der Waals surface area contributed by atoms with Crippen LogP contribution >= 0.6 is 0 Å². The van der Waals surface area contributed by atoms with Gasteiger partial charge in [0.1, 0.15) is 0 Å². The van der Waals surface area contributed by atoms with Gasteiger partial charge in [-0.2, -0.15) is 0 Å². The number of rotatable bonds is 5. The molecule has 18 heavy (non-hydrogen) atoms. The van der Waals surface area contributed by atoms with Gasteiger partial charge in [-0.05, 0) is 49.5 Å². The Morgan fingerprint density at radius 2 is 2.06 bits per heavy atom. The summed E-state index contributed by atoms with van der Waals surface area (Å²) in [5, 5.41) is 3.22. The third-order valence-corrected chi connectivity index (χ3v) is 3.74. The van der Waals surface area contributed by atoms with Crippen LogP contribution in [-0.4, -0.2) is 34.9 Å². The van der Waals surface area contributed by atoms with E-state index in [-0.39, 0.29) is 0 Å². The molecule has 0 bridgehead atoms. The van der Waals surface area contributed by atoms with Crippen molar-refractivity contribution in [2.24, 2.45) is 5.92 Å². The molecule has 2 heterocycles. The smallest absolute Gasteiger partial charge is 0.223 e. The van der Waals surface area contributed by atoms with Crippen LogP contribution in [0.3, 0.4) is 0 Å². The van der Waals surface area contributed by atoms with Gasteiger partial charge in [0.15, 0.2) is 0 Å². The molecule has 96 valence electrons. The quantitative estimate of drug-likeness (QED) is 0.847. The van der Waals surface area contributed by atoms with Crippen LogP contribution in [-0.2, 0) is 11.3 Å². The molecule has 1 saturated heterocycles. The van der Waals surface area contributed by atoms with Crippen LogP contribution in [0.15, 0.2) is 24.5 Å². The lowest BCUT2D eigenvalue weighted by molar-refractivity contribution is -0.133. The molecule has 3 rings (SSSR count). The van der Waals surface area contributed by atoms with E-state index in [4.69, 9.17) is 0 Å². The number of pyridine rings is 1. The first-order valence-corrected chi connectivity index (χ1v) is 6.72. The van der Waals surface area contributed by atoms with Crippen LogP contribution in [0, 0.1) is 5.92 Å². The second-order valence-electron chi connectivity index (χ2n) is 5.34. The number of nitrogens with one attached hydrogen (secondary N) is 1. The first-order valence-electron chi connectivity index (χ1n) is 6.72. The lowest BCUT2D eigenvalue weighted by atomic mass is 9.98. The number of hydrogen-bond donors (Lipinski definition) is 1. The molecule has 1 aromatic rings. The van der Waals surface area contributed by atoms with Crippen LogP contribution < -0.4 is 5.32 Å². The Morgan fingerprint density at radius 1 is 1.33 bits per heavy atom. The Balaban J connectivity index is 1.62. The van der Waals surface area contributed by atoms with Crippen LogP contribution in [0.4, 0.5) is 0 Å². The Hall–Kier alpha value is -1.42. The van der Waals surface area contributed by atoms with E-state index in [1.54, 1.807) is 12.4 Å². The molecule has 1 saturated carbocycles. The minimum Gasteiger partial charge on any atom is -0.335 e. The molecule has 1 aliphatic carbocycles. The van der Waals surface area contributed by atoms with Crippen molar-refractivity contribution < 1.29 is 4.79 Å². The molecule has 1 N–H and O–H groups in total. The van der Waals surface area contributed by atoms with Crippen LogP contribution in [0.5, 0.6) is 0 Å². The minimum absolute atomic E-state index is 0.320. The fourth-order valence-electron chi connectivity index (χ4n) is 2.35.